The summed E-state index contributed by atoms with van der Waals surface area (Å²) in [4.78, 5) is 22.9. The molecule has 3 aromatic carbocycles. The van der Waals surface area contributed by atoms with Crippen LogP contribution in [-0.4, -0.2) is 56.0 Å². The summed E-state index contributed by atoms with van der Waals surface area (Å²) >= 11 is 1.30. The number of carbonyl (C=O) groups excluding carboxylic acids is 1. The van der Waals surface area contributed by atoms with Crippen LogP contribution in [0, 0.1) is 0 Å². The number of nitrogens with one attached hydrogen (secondary N) is 1. The second-order valence-electron chi connectivity index (χ2n) is 9.97. The summed E-state index contributed by atoms with van der Waals surface area (Å²) in [6, 6.07) is 20.7. The van der Waals surface area contributed by atoms with Gasteiger partial charge in [-0.05, 0) is 53.8 Å². The van der Waals surface area contributed by atoms with Gasteiger partial charge in [0.15, 0.2) is 11.0 Å². The highest BCUT2D eigenvalue weighted by Gasteiger charge is 2.32. The largest absolute Gasteiger partial charge is 0.573 e. The van der Waals surface area contributed by atoms with Crippen LogP contribution in [0.2, 0.25) is 0 Å². The molecule has 224 valence electrons. The SMILES string of the molecule is CC(C)c1ccccc1N1C(=O)CS/C1=N\C(O)NCCc1ccc(-c2ncn(-c3ccc(OC(F)(F)F)cc3)n2)cc1. The Kier molecular flexibility index (Phi) is 9.14. The zero-order chi connectivity index (χ0) is 30.6. The summed E-state index contributed by atoms with van der Waals surface area (Å²) < 4.78 is 42.5. The van der Waals surface area contributed by atoms with Gasteiger partial charge in [-0.15, -0.1) is 18.3 Å². The van der Waals surface area contributed by atoms with Gasteiger partial charge >= 0.3 is 6.36 Å². The average Bonchev–Trinajstić information content (AvgIpc) is 3.60. The predicted molar refractivity (Wildman–Crippen MR) is 159 cm³/mol. The molecule has 1 fully saturated rings. The van der Waals surface area contributed by atoms with Crippen molar-refractivity contribution in [3.05, 3.63) is 90.3 Å². The molecule has 1 unspecified atom stereocenters. The fraction of sp³-hybridized carbons (Fsp3) is 0.267. The van der Waals surface area contributed by atoms with E-state index < -0.39 is 12.7 Å². The van der Waals surface area contributed by atoms with Gasteiger partial charge in [0.25, 0.3) is 0 Å². The van der Waals surface area contributed by atoms with Crippen LogP contribution >= 0.6 is 11.8 Å². The van der Waals surface area contributed by atoms with Crippen LogP contribution in [-0.2, 0) is 11.2 Å². The van der Waals surface area contributed by atoms with Crippen molar-refractivity contribution >= 4 is 28.5 Å². The third kappa shape index (κ3) is 7.61. The molecule has 4 aromatic rings. The van der Waals surface area contributed by atoms with Gasteiger partial charge in [-0.2, -0.15) is 0 Å². The van der Waals surface area contributed by atoms with E-state index in [1.165, 1.54) is 47.0 Å². The molecule has 43 heavy (non-hydrogen) atoms. The quantitative estimate of drug-likeness (QED) is 0.229. The molecule has 1 amide bonds. The summed E-state index contributed by atoms with van der Waals surface area (Å²) in [6.45, 7) is 4.58. The van der Waals surface area contributed by atoms with Crippen LogP contribution in [0.1, 0.15) is 30.9 Å². The number of anilines is 1. The summed E-state index contributed by atoms with van der Waals surface area (Å²) in [5.41, 5.74) is 4.13. The maximum absolute atomic E-state index is 12.7. The van der Waals surface area contributed by atoms with Crippen molar-refractivity contribution in [2.45, 2.75) is 38.9 Å². The predicted octanol–water partition coefficient (Wildman–Crippen LogP) is 5.50. The van der Waals surface area contributed by atoms with Gasteiger partial charge in [0.05, 0.1) is 17.1 Å². The number of rotatable bonds is 10. The molecule has 0 spiro atoms. The van der Waals surface area contributed by atoms with E-state index in [2.05, 4.69) is 39.0 Å². The Hall–Kier alpha value is -4.20. The van der Waals surface area contributed by atoms with Crippen molar-refractivity contribution < 1.29 is 27.8 Å². The lowest BCUT2D eigenvalue weighted by Crippen LogP contribution is -2.34. The molecule has 2 heterocycles. The fourth-order valence-electron chi connectivity index (χ4n) is 4.51. The van der Waals surface area contributed by atoms with Crippen molar-refractivity contribution in [1.29, 1.82) is 0 Å². The molecule has 1 aliphatic heterocycles. The molecule has 0 bridgehead atoms. The number of aliphatic hydroxyl groups is 1. The number of thioether (sulfide) groups is 1. The first-order chi connectivity index (χ1) is 20.6. The number of aliphatic imine (C=N–C) groups is 1. The molecule has 0 aliphatic carbocycles. The van der Waals surface area contributed by atoms with Gasteiger partial charge in [-0.1, -0.05) is 68.1 Å². The number of carbonyl (C=O) groups is 1. The Labute approximate surface area is 250 Å². The molecular formula is C30H29F3N6O3S. The highest BCUT2D eigenvalue weighted by atomic mass is 32.2. The molecule has 13 heteroatoms. The Bertz CT molecular complexity index is 1590. The molecule has 0 saturated carbocycles. The Morgan fingerprint density at radius 1 is 1.07 bits per heavy atom. The number of amides is 1. The molecule has 9 nitrogen and oxygen atoms in total. The molecule has 1 atom stereocenters. The molecule has 2 N–H and O–H groups in total. The van der Waals surface area contributed by atoms with E-state index in [1.54, 1.807) is 4.90 Å². The smallest absolute Gasteiger partial charge is 0.406 e. The number of alkyl halides is 3. The van der Waals surface area contributed by atoms with Crippen LogP contribution in [0.25, 0.3) is 17.1 Å². The second kappa shape index (κ2) is 13.0. The van der Waals surface area contributed by atoms with E-state index in [1.807, 2.05) is 48.5 Å². The molecule has 1 aliphatic rings. The van der Waals surface area contributed by atoms with E-state index >= 15 is 0 Å². The number of ether oxygens (including phenoxy) is 1. The van der Waals surface area contributed by atoms with Gasteiger partial charge in [0.2, 0.25) is 12.3 Å². The third-order valence-electron chi connectivity index (χ3n) is 6.58. The minimum Gasteiger partial charge on any atom is -0.406 e. The van der Waals surface area contributed by atoms with Crippen LogP contribution in [0.3, 0.4) is 0 Å². The Balaban J connectivity index is 1.16. The number of hydrogen-bond acceptors (Lipinski definition) is 8. The highest BCUT2D eigenvalue weighted by Crippen LogP contribution is 2.33. The number of para-hydroxylation sites is 1. The first-order valence-electron chi connectivity index (χ1n) is 13.5. The molecule has 5 rings (SSSR count). The molecular weight excluding hydrogens is 581 g/mol. The van der Waals surface area contributed by atoms with Gasteiger partial charge in [-0.3, -0.25) is 15.0 Å². The second-order valence-corrected chi connectivity index (χ2v) is 10.9. The van der Waals surface area contributed by atoms with Crippen LogP contribution in [0.15, 0.2) is 84.1 Å². The number of nitrogens with zero attached hydrogens (tertiary/aromatic N) is 5. The standard InChI is InChI=1S/C30H29F3N6O3S/c1-19(2)24-5-3-4-6-25(24)39-26(40)17-43-29(39)36-28(41)34-16-15-20-7-9-21(10-8-20)27-35-18-38(37-27)22-11-13-23(14-12-22)42-30(31,32)33/h3-14,18-19,28,34,41H,15-17H2,1-2H3/b36-29-. The minimum absolute atomic E-state index is 0.0723. The normalized spacial score (nSPS) is 15.5. The van der Waals surface area contributed by atoms with E-state index in [9.17, 15) is 23.1 Å². The van der Waals surface area contributed by atoms with Crippen molar-refractivity contribution in [3.8, 4) is 22.8 Å². The number of benzene rings is 3. The molecule has 1 saturated heterocycles. The zero-order valence-corrected chi connectivity index (χ0v) is 24.1. The monoisotopic (exact) mass is 610 g/mol. The van der Waals surface area contributed by atoms with E-state index in [0.717, 1.165) is 22.4 Å². The summed E-state index contributed by atoms with van der Waals surface area (Å²) in [5.74, 6) is 0.555. The van der Waals surface area contributed by atoms with Crippen LogP contribution in [0.4, 0.5) is 18.9 Å². The Morgan fingerprint density at radius 2 is 1.79 bits per heavy atom. The van der Waals surface area contributed by atoms with Crippen LogP contribution in [0.5, 0.6) is 5.75 Å². The number of aliphatic hydroxyl groups excluding tert-OH is 1. The molecule has 1 aromatic heterocycles. The van der Waals surface area contributed by atoms with Crippen LogP contribution < -0.4 is 15.0 Å². The highest BCUT2D eigenvalue weighted by molar-refractivity contribution is 8.15. The zero-order valence-electron chi connectivity index (χ0n) is 23.3. The third-order valence-corrected chi connectivity index (χ3v) is 7.51. The maximum Gasteiger partial charge on any atom is 0.573 e. The lowest BCUT2D eigenvalue weighted by Gasteiger charge is -2.22. The van der Waals surface area contributed by atoms with Crippen molar-refractivity contribution in [2.24, 2.45) is 4.99 Å². The molecule has 0 radical (unpaired) electrons. The first-order valence-corrected chi connectivity index (χ1v) is 14.5. The van der Waals surface area contributed by atoms with Gasteiger partial charge < -0.3 is 9.84 Å². The lowest BCUT2D eigenvalue weighted by molar-refractivity contribution is -0.274. The Morgan fingerprint density at radius 3 is 2.49 bits per heavy atom. The lowest BCUT2D eigenvalue weighted by atomic mass is 10.0. The summed E-state index contributed by atoms with van der Waals surface area (Å²) in [7, 11) is 0. The van der Waals surface area contributed by atoms with E-state index in [-0.39, 0.29) is 23.3 Å². The first kappa shape index (κ1) is 30.3. The fourth-order valence-corrected chi connectivity index (χ4v) is 5.40. The van der Waals surface area contributed by atoms with Gasteiger partial charge in [0, 0.05) is 12.1 Å². The number of aromatic nitrogens is 3. The minimum atomic E-state index is -4.75. The summed E-state index contributed by atoms with van der Waals surface area (Å²) in [5, 5.41) is 18.4. The average molecular weight is 611 g/mol. The van der Waals surface area contributed by atoms with Gasteiger partial charge in [0.1, 0.15) is 12.1 Å². The van der Waals surface area contributed by atoms with Crippen molar-refractivity contribution in [2.75, 3.05) is 17.2 Å². The van der Waals surface area contributed by atoms with Crippen molar-refractivity contribution in [1.82, 2.24) is 20.1 Å². The number of halogens is 3. The van der Waals surface area contributed by atoms with Gasteiger partial charge in [-0.25, -0.2) is 14.7 Å². The van der Waals surface area contributed by atoms with Crippen molar-refractivity contribution in [3.63, 3.8) is 0 Å². The maximum atomic E-state index is 12.7. The summed E-state index contributed by atoms with van der Waals surface area (Å²) in [6.07, 6.45) is -3.84. The topological polar surface area (TPSA) is 105 Å². The number of amidine groups is 1. The van der Waals surface area contributed by atoms with E-state index in [4.69, 9.17) is 0 Å². The van der Waals surface area contributed by atoms with E-state index in [0.29, 0.717) is 29.6 Å². The number of hydrogen-bond donors (Lipinski definition) is 2.